The zero-order chi connectivity index (χ0) is 14.3. The van der Waals surface area contributed by atoms with E-state index in [1.807, 2.05) is 0 Å². The average molecular weight is 277 g/mol. The number of hydrogen-bond donors (Lipinski definition) is 1. The molecule has 1 fully saturated rings. The Morgan fingerprint density at radius 2 is 1.85 bits per heavy atom. The number of rotatable bonds is 2. The number of carbonyl (C=O) groups is 1. The minimum atomic E-state index is -1.26. The molecule has 0 aliphatic heterocycles. The summed E-state index contributed by atoms with van der Waals surface area (Å²) in [6.07, 6.45) is 3.93. The number of halogens is 2. The first-order valence-corrected chi connectivity index (χ1v) is 6.60. The molecule has 1 aliphatic carbocycles. The van der Waals surface area contributed by atoms with Crippen LogP contribution < -0.4 is 0 Å². The third kappa shape index (κ3) is 2.03. The molecule has 2 aromatic rings. The Balaban J connectivity index is 2.30. The molecule has 0 atom stereocenters. The Labute approximate surface area is 114 Å². The lowest BCUT2D eigenvalue weighted by Gasteiger charge is -2.12. The number of hydrogen-bond acceptors (Lipinski definition) is 2. The van der Waals surface area contributed by atoms with Crippen molar-refractivity contribution in [2.24, 2.45) is 0 Å². The van der Waals surface area contributed by atoms with Gasteiger partial charge in [0.1, 0.15) is 17.2 Å². The number of carboxylic acids is 1. The molecule has 0 saturated heterocycles. The van der Waals surface area contributed by atoms with E-state index in [2.05, 4.69) is 4.98 Å². The van der Waals surface area contributed by atoms with Crippen molar-refractivity contribution in [3.05, 3.63) is 41.1 Å². The largest absolute Gasteiger partial charge is 0.478 e. The summed E-state index contributed by atoms with van der Waals surface area (Å²) < 4.78 is 27.7. The molecule has 0 bridgehead atoms. The van der Waals surface area contributed by atoms with Crippen LogP contribution in [0.5, 0.6) is 0 Å². The Morgan fingerprint density at radius 3 is 2.50 bits per heavy atom. The average Bonchev–Trinajstić information content (AvgIpc) is 2.96. The minimum Gasteiger partial charge on any atom is -0.478 e. The molecule has 3 nitrogen and oxygen atoms in total. The van der Waals surface area contributed by atoms with E-state index in [1.54, 1.807) is 0 Å². The van der Waals surface area contributed by atoms with E-state index >= 15 is 0 Å². The topological polar surface area (TPSA) is 50.2 Å². The second-order valence-corrected chi connectivity index (χ2v) is 5.13. The molecule has 1 heterocycles. The third-order valence-electron chi connectivity index (χ3n) is 3.88. The lowest BCUT2D eigenvalue weighted by atomic mass is 9.99. The van der Waals surface area contributed by atoms with Crippen molar-refractivity contribution in [1.82, 2.24) is 4.98 Å². The van der Waals surface area contributed by atoms with Gasteiger partial charge in [0.25, 0.3) is 0 Å². The van der Waals surface area contributed by atoms with E-state index in [0.717, 1.165) is 37.8 Å². The summed E-state index contributed by atoms with van der Waals surface area (Å²) >= 11 is 0. The van der Waals surface area contributed by atoms with Gasteiger partial charge in [-0.2, -0.15) is 0 Å². The maximum atomic E-state index is 13.9. The van der Waals surface area contributed by atoms with Crippen molar-refractivity contribution in [3.63, 3.8) is 0 Å². The fourth-order valence-electron chi connectivity index (χ4n) is 2.89. The first-order chi connectivity index (χ1) is 9.58. The van der Waals surface area contributed by atoms with Gasteiger partial charge in [0, 0.05) is 11.6 Å². The summed E-state index contributed by atoms with van der Waals surface area (Å²) in [6, 6.07) is 3.30. The maximum Gasteiger partial charge on any atom is 0.336 e. The molecule has 1 aliphatic rings. The molecule has 1 saturated carbocycles. The summed E-state index contributed by atoms with van der Waals surface area (Å²) in [4.78, 5) is 15.5. The highest BCUT2D eigenvalue weighted by Gasteiger charge is 2.23. The van der Waals surface area contributed by atoms with Gasteiger partial charge >= 0.3 is 5.97 Å². The maximum absolute atomic E-state index is 13.9. The van der Waals surface area contributed by atoms with Crippen molar-refractivity contribution < 1.29 is 18.7 Å². The molecular formula is C15H13F2NO2. The minimum absolute atomic E-state index is 0.139. The normalized spacial score (nSPS) is 15.9. The van der Waals surface area contributed by atoms with Crippen LogP contribution in [-0.4, -0.2) is 16.1 Å². The van der Waals surface area contributed by atoms with E-state index in [-0.39, 0.29) is 22.4 Å². The summed E-state index contributed by atoms with van der Waals surface area (Å²) in [5.74, 6) is -2.57. The van der Waals surface area contributed by atoms with Gasteiger partial charge in [-0.15, -0.1) is 0 Å². The summed E-state index contributed by atoms with van der Waals surface area (Å²) in [7, 11) is 0. The highest BCUT2D eigenvalue weighted by Crippen LogP contribution is 2.35. The van der Waals surface area contributed by atoms with Gasteiger partial charge in [-0.1, -0.05) is 12.8 Å². The Bertz CT molecular complexity index is 694. The van der Waals surface area contributed by atoms with Crippen LogP contribution in [-0.2, 0) is 0 Å². The first kappa shape index (κ1) is 13.0. The van der Waals surface area contributed by atoms with Crippen molar-refractivity contribution in [2.45, 2.75) is 31.6 Å². The van der Waals surface area contributed by atoms with Gasteiger partial charge in [0.05, 0.1) is 10.9 Å². The Kier molecular flexibility index (Phi) is 3.12. The number of nitrogens with zero attached hydrogens (tertiary/aromatic N) is 1. The molecule has 0 spiro atoms. The lowest BCUT2D eigenvalue weighted by molar-refractivity contribution is 0.0698. The second-order valence-electron chi connectivity index (χ2n) is 5.13. The quantitative estimate of drug-likeness (QED) is 0.906. The molecule has 20 heavy (non-hydrogen) atoms. The van der Waals surface area contributed by atoms with Crippen molar-refractivity contribution in [2.75, 3.05) is 0 Å². The Morgan fingerprint density at radius 1 is 1.20 bits per heavy atom. The standard InChI is InChI=1S/C15H13F2NO2/c16-10-5-6-11(17)14-13(10)9(15(19)20)7-12(18-14)8-3-1-2-4-8/h5-8H,1-4H2,(H,19,20). The highest BCUT2D eigenvalue weighted by molar-refractivity contribution is 6.03. The van der Waals surface area contributed by atoms with Crippen LogP contribution in [0.4, 0.5) is 8.78 Å². The van der Waals surface area contributed by atoms with Crippen LogP contribution in [0.2, 0.25) is 0 Å². The number of aromatic nitrogens is 1. The summed E-state index contributed by atoms with van der Waals surface area (Å²) in [6.45, 7) is 0. The first-order valence-electron chi connectivity index (χ1n) is 6.60. The molecule has 1 aromatic heterocycles. The molecule has 104 valence electrons. The number of benzene rings is 1. The van der Waals surface area contributed by atoms with E-state index in [0.29, 0.717) is 5.69 Å². The van der Waals surface area contributed by atoms with Gasteiger partial charge in [-0.05, 0) is 31.0 Å². The molecule has 3 rings (SSSR count). The van der Waals surface area contributed by atoms with Gasteiger partial charge in [0.15, 0.2) is 0 Å². The van der Waals surface area contributed by atoms with Crippen LogP contribution in [0.15, 0.2) is 18.2 Å². The van der Waals surface area contributed by atoms with Crippen molar-refractivity contribution in [3.8, 4) is 0 Å². The number of aromatic carboxylic acids is 1. The number of fused-ring (bicyclic) bond motifs is 1. The Hall–Kier alpha value is -2.04. The number of pyridine rings is 1. The zero-order valence-electron chi connectivity index (χ0n) is 10.7. The zero-order valence-corrected chi connectivity index (χ0v) is 10.7. The van der Waals surface area contributed by atoms with Gasteiger partial charge in [-0.25, -0.2) is 18.6 Å². The summed E-state index contributed by atoms with van der Waals surface area (Å²) in [5, 5.41) is 9.00. The molecule has 0 unspecified atom stereocenters. The predicted molar refractivity (Wildman–Crippen MR) is 69.8 cm³/mol. The van der Waals surface area contributed by atoms with Crippen LogP contribution in [0.1, 0.15) is 47.7 Å². The van der Waals surface area contributed by atoms with Crippen LogP contribution >= 0.6 is 0 Å². The van der Waals surface area contributed by atoms with Crippen LogP contribution in [0.25, 0.3) is 10.9 Å². The van der Waals surface area contributed by atoms with Gasteiger partial charge in [0.2, 0.25) is 0 Å². The molecule has 1 aromatic carbocycles. The summed E-state index contributed by atoms with van der Waals surface area (Å²) in [5.41, 5.74) is 0.151. The smallest absolute Gasteiger partial charge is 0.336 e. The molecule has 0 amide bonds. The van der Waals surface area contributed by atoms with E-state index in [9.17, 15) is 18.7 Å². The number of carboxylic acid groups (broad SMARTS) is 1. The fourth-order valence-corrected chi connectivity index (χ4v) is 2.89. The van der Waals surface area contributed by atoms with E-state index in [1.165, 1.54) is 6.07 Å². The van der Waals surface area contributed by atoms with E-state index in [4.69, 9.17) is 0 Å². The van der Waals surface area contributed by atoms with Gasteiger partial charge in [-0.3, -0.25) is 0 Å². The van der Waals surface area contributed by atoms with Crippen LogP contribution in [0.3, 0.4) is 0 Å². The molecule has 0 radical (unpaired) electrons. The second kappa shape index (κ2) is 4.81. The van der Waals surface area contributed by atoms with E-state index < -0.39 is 17.6 Å². The third-order valence-corrected chi connectivity index (χ3v) is 3.88. The SMILES string of the molecule is O=C(O)c1cc(C2CCCC2)nc2c(F)ccc(F)c12. The molecular weight excluding hydrogens is 264 g/mol. The van der Waals surface area contributed by atoms with Crippen LogP contribution in [0, 0.1) is 11.6 Å². The van der Waals surface area contributed by atoms with Gasteiger partial charge < -0.3 is 5.11 Å². The highest BCUT2D eigenvalue weighted by atomic mass is 19.1. The van der Waals surface area contributed by atoms with Crippen molar-refractivity contribution in [1.29, 1.82) is 0 Å². The predicted octanol–water partition coefficient (Wildman–Crippen LogP) is 3.87. The lowest BCUT2D eigenvalue weighted by Crippen LogP contribution is -2.06. The van der Waals surface area contributed by atoms with Crippen molar-refractivity contribution >= 4 is 16.9 Å². The molecule has 1 N–H and O–H groups in total. The molecule has 5 heteroatoms. The fraction of sp³-hybridized carbons (Fsp3) is 0.333. The monoisotopic (exact) mass is 277 g/mol.